The summed E-state index contributed by atoms with van der Waals surface area (Å²) in [6, 6.07) is 5.59. The van der Waals surface area contributed by atoms with Crippen LogP contribution in [0.2, 0.25) is 5.02 Å². The molecule has 180 valence electrons. The molecular formula is C23H27ClF3N3O3. The summed E-state index contributed by atoms with van der Waals surface area (Å²) in [5.74, 6) is 1.11. The number of nitrogens with zero attached hydrogens (tertiary/aromatic N) is 3. The zero-order valence-corrected chi connectivity index (χ0v) is 19.4. The smallest absolute Gasteiger partial charge is 0.417 e. The minimum absolute atomic E-state index is 0.196. The summed E-state index contributed by atoms with van der Waals surface area (Å²) in [6.07, 6.45) is -1.74. The summed E-state index contributed by atoms with van der Waals surface area (Å²) in [7, 11) is 0. The molecule has 2 heterocycles. The third kappa shape index (κ3) is 6.22. The third-order valence-electron chi connectivity index (χ3n) is 5.27. The highest BCUT2D eigenvalue weighted by molar-refractivity contribution is 6.32. The Labute approximate surface area is 196 Å². The number of halogens is 4. The number of pyridine rings is 1. The number of piperazine rings is 1. The average molecular weight is 486 g/mol. The lowest BCUT2D eigenvalue weighted by atomic mass is 10.1. The van der Waals surface area contributed by atoms with Crippen LogP contribution in [0.3, 0.4) is 0 Å². The molecule has 1 aliphatic heterocycles. The maximum atomic E-state index is 13.1. The quantitative estimate of drug-likeness (QED) is 0.475. The van der Waals surface area contributed by atoms with Gasteiger partial charge in [-0.3, -0.25) is 4.79 Å². The Balaban J connectivity index is 1.67. The molecule has 0 aliphatic carbocycles. The molecule has 1 amide bonds. The van der Waals surface area contributed by atoms with Gasteiger partial charge in [0.05, 0.1) is 23.8 Å². The number of anilines is 1. The number of carbonyl (C=O) groups is 1. The van der Waals surface area contributed by atoms with Crippen molar-refractivity contribution < 1.29 is 27.4 Å². The first-order valence-electron chi connectivity index (χ1n) is 10.9. The summed E-state index contributed by atoms with van der Waals surface area (Å²) in [5, 5.41) is 0.313. The molecule has 0 unspecified atom stereocenters. The molecule has 1 fully saturated rings. The van der Waals surface area contributed by atoms with Crippen LogP contribution in [0, 0.1) is 0 Å². The molecule has 3 rings (SSSR count). The molecule has 10 heteroatoms. The van der Waals surface area contributed by atoms with E-state index in [1.54, 1.807) is 17.0 Å². The number of hydrogen-bond donors (Lipinski definition) is 0. The standard InChI is InChI=1S/C23H27ClF3N3O3/c1-3-5-12-33-21-18(24)13-16(14-19(21)32-4-2)22(31)30-10-8-29(9-11-30)20-7-6-17(15-28-20)23(25,26)27/h6-7,13-15H,3-5,8-12H2,1-2H3. The van der Waals surface area contributed by atoms with Gasteiger partial charge in [-0.2, -0.15) is 13.2 Å². The SMILES string of the molecule is CCCCOc1c(Cl)cc(C(=O)N2CCN(c3ccc(C(F)(F)F)cn3)CC2)cc1OCC. The molecule has 1 aromatic heterocycles. The number of alkyl halides is 3. The van der Waals surface area contributed by atoms with E-state index >= 15 is 0 Å². The monoisotopic (exact) mass is 485 g/mol. The normalized spacial score (nSPS) is 14.4. The second-order valence-electron chi connectivity index (χ2n) is 7.60. The topological polar surface area (TPSA) is 54.9 Å². The van der Waals surface area contributed by atoms with Gasteiger partial charge in [-0.25, -0.2) is 4.98 Å². The number of aromatic nitrogens is 1. The van der Waals surface area contributed by atoms with E-state index in [2.05, 4.69) is 11.9 Å². The number of rotatable bonds is 8. The molecule has 2 aromatic rings. The molecule has 1 aromatic carbocycles. The van der Waals surface area contributed by atoms with Gasteiger partial charge in [-0.1, -0.05) is 24.9 Å². The Morgan fingerprint density at radius 1 is 1.12 bits per heavy atom. The summed E-state index contributed by atoms with van der Waals surface area (Å²) < 4.78 is 49.7. The predicted octanol–water partition coefficient (Wildman–Crippen LogP) is 5.29. The number of benzene rings is 1. The van der Waals surface area contributed by atoms with Crippen LogP contribution >= 0.6 is 11.6 Å². The van der Waals surface area contributed by atoms with Crippen molar-refractivity contribution in [2.24, 2.45) is 0 Å². The van der Waals surface area contributed by atoms with E-state index in [4.69, 9.17) is 21.1 Å². The van der Waals surface area contributed by atoms with Crippen LogP contribution in [0.25, 0.3) is 0 Å². The fourth-order valence-electron chi connectivity index (χ4n) is 3.48. The first kappa shape index (κ1) is 25.0. The largest absolute Gasteiger partial charge is 0.490 e. The van der Waals surface area contributed by atoms with Crippen molar-refractivity contribution in [2.45, 2.75) is 32.9 Å². The molecule has 1 saturated heterocycles. The maximum Gasteiger partial charge on any atom is 0.417 e. The van der Waals surface area contributed by atoms with E-state index in [0.717, 1.165) is 25.1 Å². The number of ether oxygens (including phenoxy) is 2. The molecule has 0 radical (unpaired) electrons. The minimum Gasteiger partial charge on any atom is -0.490 e. The fourth-order valence-corrected chi connectivity index (χ4v) is 3.74. The van der Waals surface area contributed by atoms with E-state index in [1.165, 1.54) is 6.07 Å². The molecule has 0 atom stereocenters. The minimum atomic E-state index is -4.42. The molecule has 0 saturated carbocycles. The van der Waals surface area contributed by atoms with E-state index in [0.29, 0.717) is 67.3 Å². The lowest BCUT2D eigenvalue weighted by molar-refractivity contribution is -0.137. The predicted molar refractivity (Wildman–Crippen MR) is 120 cm³/mol. The van der Waals surface area contributed by atoms with Crippen molar-refractivity contribution in [2.75, 3.05) is 44.3 Å². The first-order valence-corrected chi connectivity index (χ1v) is 11.3. The second kappa shape index (κ2) is 11.0. The van der Waals surface area contributed by atoms with Gasteiger partial charge in [0, 0.05) is 37.9 Å². The summed E-state index contributed by atoms with van der Waals surface area (Å²) in [5.41, 5.74) is -0.392. The Bertz CT molecular complexity index is 946. The molecule has 0 N–H and O–H groups in total. The van der Waals surface area contributed by atoms with Crippen LogP contribution in [0.5, 0.6) is 11.5 Å². The Morgan fingerprint density at radius 2 is 1.85 bits per heavy atom. The first-order chi connectivity index (χ1) is 15.7. The summed E-state index contributed by atoms with van der Waals surface area (Å²) in [6.45, 7) is 6.51. The zero-order chi connectivity index (χ0) is 24.0. The zero-order valence-electron chi connectivity index (χ0n) is 18.6. The van der Waals surface area contributed by atoms with Gasteiger partial charge in [-0.15, -0.1) is 0 Å². The van der Waals surface area contributed by atoms with Crippen LogP contribution in [0.4, 0.5) is 19.0 Å². The van der Waals surface area contributed by atoms with Gasteiger partial charge >= 0.3 is 6.18 Å². The van der Waals surface area contributed by atoms with Crippen LogP contribution < -0.4 is 14.4 Å². The molecule has 33 heavy (non-hydrogen) atoms. The van der Waals surface area contributed by atoms with Gasteiger partial charge in [0.2, 0.25) is 0 Å². The molecule has 6 nitrogen and oxygen atoms in total. The van der Waals surface area contributed by atoms with Crippen molar-refractivity contribution in [1.29, 1.82) is 0 Å². The van der Waals surface area contributed by atoms with E-state index in [9.17, 15) is 18.0 Å². The Morgan fingerprint density at radius 3 is 2.42 bits per heavy atom. The number of hydrogen-bond acceptors (Lipinski definition) is 5. The molecule has 0 spiro atoms. The van der Waals surface area contributed by atoms with Gasteiger partial charge in [-0.05, 0) is 37.6 Å². The maximum absolute atomic E-state index is 13.1. The van der Waals surface area contributed by atoms with Crippen molar-refractivity contribution in [1.82, 2.24) is 9.88 Å². The number of unbranched alkanes of at least 4 members (excludes halogenated alkanes) is 1. The summed E-state index contributed by atoms with van der Waals surface area (Å²) in [4.78, 5) is 20.6. The molecule has 0 bridgehead atoms. The molecule has 1 aliphatic rings. The highest BCUT2D eigenvalue weighted by Crippen LogP contribution is 2.37. The van der Waals surface area contributed by atoms with Crippen molar-refractivity contribution in [3.8, 4) is 11.5 Å². The highest BCUT2D eigenvalue weighted by atomic mass is 35.5. The van der Waals surface area contributed by atoms with Crippen LogP contribution in [-0.4, -0.2) is 55.2 Å². The van der Waals surface area contributed by atoms with E-state index in [-0.39, 0.29) is 5.91 Å². The van der Waals surface area contributed by atoms with Crippen LogP contribution in [-0.2, 0) is 6.18 Å². The molecular weight excluding hydrogens is 459 g/mol. The number of amides is 1. The van der Waals surface area contributed by atoms with Crippen molar-refractivity contribution in [3.05, 3.63) is 46.6 Å². The fraction of sp³-hybridized carbons (Fsp3) is 0.478. The Kier molecular flexibility index (Phi) is 8.29. The average Bonchev–Trinajstić information content (AvgIpc) is 2.80. The van der Waals surface area contributed by atoms with E-state index < -0.39 is 11.7 Å². The number of carbonyl (C=O) groups excluding carboxylic acids is 1. The van der Waals surface area contributed by atoms with Crippen molar-refractivity contribution in [3.63, 3.8) is 0 Å². The van der Waals surface area contributed by atoms with Crippen LogP contribution in [0.1, 0.15) is 42.6 Å². The Hall–Kier alpha value is -2.68. The van der Waals surface area contributed by atoms with Gasteiger partial charge < -0.3 is 19.3 Å². The van der Waals surface area contributed by atoms with Crippen LogP contribution in [0.15, 0.2) is 30.5 Å². The van der Waals surface area contributed by atoms with Gasteiger partial charge in [0.25, 0.3) is 5.91 Å². The van der Waals surface area contributed by atoms with Gasteiger partial charge in [0.15, 0.2) is 11.5 Å². The lowest BCUT2D eigenvalue weighted by Gasteiger charge is -2.35. The lowest BCUT2D eigenvalue weighted by Crippen LogP contribution is -2.49. The third-order valence-corrected chi connectivity index (χ3v) is 5.55. The van der Waals surface area contributed by atoms with Gasteiger partial charge in [0.1, 0.15) is 5.82 Å². The van der Waals surface area contributed by atoms with Crippen molar-refractivity contribution >= 4 is 23.3 Å². The highest BCUT2D eigenvalue weighted by Gasteiger charge is 2.31. The second-order valence-corrected chi connectivity index (χ2v) is 8.01. The summed E-state index contributed by atoms with van der Waals surface area (Å²) >= 11 is 6.41. The van der Waals surface area contributed by atoms with E-state index in [1.807, 2.05) is 11.8 Å².